The molecule has 3 nitrogen and oxygen atoms in total. The van der Waals surface area contributed by atoms with Gasteiger partial charge < -0.3 is 9.84 Å². The second-order valence-corrected chi connectivity index (χ2v) is 6.31. The topological polar surface area (TPSA) is 32.7 Å². The van der Waals surface area contributed by atoms with Crippen LogP contribution in [0.2, 0.25) is 0 Å². The first-order valence-electron chi connectivity index (χ1n) is 7.88. The molecule has 1 saturated carbocycles. The van der Waals surface area contributed by atoms with Gasteiger partial charge in [0, 0.05) is 19.6 Å². The Morgan fingerprint density at radius 2 is 2.00 bits per heavy atom. The number of fused-ring (bicyclic) bond motifs is 2. The van der Waals surface area contributed by atoms with Crippen molar-refractivity contribution in [1.82, 2.24) is 4.90 Å². The Morgan fingerprint density at radius 1 is 1.20 bits per heavy atom. The summed E-state index contributed by atoms with van der Waals surface area (Å²) in [4.78, 5) is 2.61. The van der Waals surface area contributed by atoms with Crippen molar-refractivity contribution >= 4 is 0 Å². The highest BCUT2D eigenvalue weighted by molar-refractivity contribution is 5.28. The zero-order valence-electron chi connectivity index (χ0n) is 12.1. The van der Waals surface area contributed by atoms with Crippen LogP contribution in [0.1, 0.15) is 31.2 Å². The first-order chi connectivity index (χ1) is 9.83. The molecule has 1 aliphatic heterocycles. The van der Waals surface area contributed by atoms with Crippen molar-refractivity contribution in [1.29, 1.82) is 0 Å². The molecular weight excluding hydrogens is 250 g/mol. The van der Waals surface area contributed by atoms with E-state index in [1.54, 1.807) is 0 Å². The molecule has 1 aliphatic carbocycles. The van der Waals surface area contributed by atoms with E-state index in [1.807, 2.05) is 12.1 Å². The Bertz CT molecular complexity index is 423. The average molecular weight is 275 g/mol. The van der Waals surface area contributed by atoms with Crippen molar-refractivity contribution in [3.05, 3.63) is 29.8 Å². The fourth-order valence-electron chi connectivity index (χ4n) is 3.82. The van der Waals surface area contributed by atoms with E-state index in [9.17, 15) is 0 Å². The summed E-state index contributed by atoms with van der Waals surface area (Å²) in [6, 6.07) is 8.30. The molecule has 3 heteroatoms. The third-order valence-electron chi connectivity index (χ3n) is 4.59. The molecule has 0 aromatic heterocycles. The molecule has 1 saturated heterocycles. The van der Waals surface area contributed by atoms with E-state index in [1.165, 1.54) is 44.3 Å². The number of hydrogen-bond donors (Lipinski definition) is 1. The van der Waals surface area contributed by atoms with Gasteiger partial charge >= 0.3 is 0 Å². The number of benzene rings is 1. The van der Waals surface area contributed by atoms with Gasteiger partial charge in [-0.2, -0.15) is 0 Å². The Morgan fingerprint density at radius 3 is 2.75 bits per heavy atom. The quantitative estimate of drug-likeness (QED) is 0.897. The number of ether oxygens (including phenoxy) is 1. The van der Waals surface area contributed by atoms with Crippen LogP contribution in [-0.4, -0.2) is 36.3 Å². The zero-order chi connectivity index (χ0) is 13.8. The van der Waals surface area contributed by atoms with Crippen molar-refractivity contribution < 1.29 is 9.84 Å². The molecule has 2 bridgehead atoms. The number of likely N-dealkylation sites (tertiary alicyclic amines) is 1. The normalized spacial score (nSPS) is 26.4. The Kier molecular flexibility index (Phi) is 4.58. The Balaban J connectivity index is 1.59. The van der Waals surface area contributed by atoms with E-state index in [0.29, 0.717) is 6.61 Å². The monoisotopic (exact) mass is 275 g/mol. The summed E-state index contributed by atoms with van der Waals surface area (Å²) in [6.45, 7) is 4.00. The van der Waals surface area contributed by atoms with Crippen molar-refractivity contribution in [2.75, 3.05) is 26.3 Å². The van der Waals surface area contributed by atoms with Crippen LogP contribution >= 0.6 is 0 Å². The van der Waals surface area contributed by atoms with Crippen molar-refractivity contribution in [2.24, 2.45) is 11.8 Å². The van der Waals surface area contributed by atoms with Gasteiger partial charge in [-0.25, -0.2) is 0 Å². The number of piperidine rings is 1. The fraction of sp³-hybridized carbons (Fsp3) is 0.647. The summed E-state index contributed by atoms with van der Waals surface area (Å²) >= 11 is 0. The van der Waals surface area contributed by atoms with Gasteiger partial charge in [0.1, 0.15) is 12.4 Å². The summed E-state index contributed by atoms with van der Waals surface area (Å²) < 4.78 is 5.49. The minimum atomic E-state index is 0.0692. The minimum absolute atomic E-state index is 0.0692. The number of aliphatic hydroxyl groups is 1. The minimum Gasteiger partial charge on any atom is -0.491 e. The third kappa shape index (κ3) is 3.53. The van der Waals surface area contributed by atoms with Crippen LogP contribution in [0.3, 0.4) is 0 Å². The SMILES string of the molecule is OCCOc1cccc(CN2C[C@@H]3CCC[C@H](C3)C2)c1. The lowest BCUT2D eigenvalue weighted by atomic mass is 9.78. The van der Waals surface area contributed by atoms with Gasteiger partial charge in [0.05, 0.1) is 6.61 Å². The summed E-state index contributed by atoms with van der Waals surface area (Å²) in [6.07, 6.45) is 5.74. The van der Waals surface area contributed by atoms with E-state index >= 15 is 0 Å². The molecule has 3 rings (SSSR count). The highest BCUT2D eigenvalue weighted by Gasteiger charge is 2.30. The molecule has 1 heterocycles. The van der Waals surface area contributed by atoms with Gasteiger partial charge in [-0.05, 0) is 48.8 Å². The molecule has 0 unspecified atom stereocenters. The fourth-order valence-corrected chi connectivity index (χ4v) is 3.82. The average Bonchev–Trinajstić information content (AvgIpc) is 2.45. The van der Waals surface area contributed by atoms with Crippen LogP contribution in [0.4, 0.5) is 0 Å². The Labute approximate surface area is 121 Å². The smallest absolute Gasteiger partial charge is 0.119 e. The lowest BCUT2D eigenvalue weighted by Gasteiger charge is -2.41. The number of hydrogen-bond acceptors (Lipinski definition) is 3. The standard InChI is InChI=1S/C17H25NO2/c19-7-8-20-17-6-2-5-16(10-17)13-18-11-14-3-1-4-15(9-14)12-18/h2,5-6,10,14-15,19H,1,3-4,7-9,11-13H2/t14-,15-/m1/s1. The maximum atomic E-state index is 8.82. The molecule has 110 valence electrons. The molecule has 20 heavy (non-hydrogen) atoms. The predicted octanol–water partition coefficient (Wildman–Crippen LogP) is 2.68. The van der Waals surface area contributed by atoms with E-state index in [2.05, 4.69) is 17.0 Å². The molecule has 0 radical (unpaired) electrons. The third-order valence-corrected chi connectivity index (χ3v) is 4.59. The first kappa shape index (κ1) is 13.9. The molecule has 2 aliphatic rings. The van der Waals surface area contributed by atoms with Crippen LogP contribution < -0.4 is 4.74 Å². The maximum Gasteiger partial charge on any atom is 0.119 e. The summed E-state index contributed by atoms with van der Waals surface area (Å²) in [5, 5.41) is 8.82. The van der Waals surface area contributed by atoms with Gasteiger partial charge in [0.2, 0.25) is 0 Å². The van der Waals surface area contributed by atoms with Crippen LogP contribution in [0.15, 0.2) is 24.3 Å². The number of rotatable bonds is 5. The van der Waals surface area contributed by atoms with Crippen molar-refractivity contribution in [2.45, 2.75) is 32.2 Å². The van der Waals surface area contributed by atoms with E-state index < -0.39 is 0 Å². The highest BCUT2D eigenvalue weighted by Crippen LogP contribution is 2.34. The van der Waals surface area contributed by atoms with Crippen LogP contribution in [0.5, 0.6) is 5.75 Å². The second kappa shape index (κ2) is 6.59. The molecule has 1 N–H and O–H groups in total. The van der Waals surface area contributed by atoms with Gasteiger partial charge in [-0.1, -0.05) is 18.6 Å². The van der Waals surface area contributed by atoms with Crippen LogP contribution in [0.25, 0.3) is 0 Å². The van der Waals surface area contributed by atoms with Crippen LogP contribution in [0, 0.1) is 11.8 Å². The van der Waals surface area contributed by atoms with Crippen molar-refractivity contribution in [3.63, 3.8) is 0 Å². The summed E-state index contributed by atoms with van der Waals surface area (Å²) in [5.74, 6) is 2.72. The predicted molar refractivity (Wildman–Crippen MR) is 79.7 cm³/mol. The molecule has 0 amide bonds. The van der Waals surface area contributed by atoms with E-state index in [0.717, 1.165) is 24.1 Å². The first-order valence-corrected chi connectivity index (χ1v) is 7.88. The van der Waals surface area contributed by atoms with E-state index in [-0.39, 0.29) is 6.61 Å². The van der Waals surface area contributed by atoms with Gasteiger partial charge in [-0.3, -0.25) is 4.90 Å². The van der Waals surface area contributed by atoms with Gasteiger partial charge in [0.25, 0.3) is 0 Å². The van der Waals surface area contributed by atoms with Crippen LogP contribution in [-0.2, 0) is 6.54 Å². The lowest BCUT2D eigenvalue weighted by Crippen LogP contribution is -2.42. The molecular formula is C17H25NO2. The highest BCUT2D eigenvalue weighted by atomic mass is 16.5. The summed E-state index contributed by atoms with van der Waals surface area (Å²) in [7, 11) is 0. The number of aliphatic hydroxyl groups excluding tert-OH is 1. The largest absolute Gasteiger partial charge is 0.491 e. The van der Waals surface area contributed by atoms with Gasteiger partial charge in [-0.15, -0.1) is 0 Å². The lowest BCUT2D eigenvalue weighted by molar-refractivity contribution is 0.0807. The maximum absolute atomic E-state index is 8.82. The Hall–Kier alpha value is -1.06. The van der Waals surface area contributed by atoms with E-state index in [4.69, 9.17) is 9.84 Å². The molecule has 2 atom stereocenters. The second-order valence-electron chi connectivity index (χ2n) is 6.31. The van der Waals surface area contributed by atoms with Crippen molar-refractivity contribution in [3.8, 4) is 5.75 Å². The zero-order valence-corrected chi connectivity index (χ0v) is 12.1. The molecule has 1 aromatic rings. The molecule has 0 spiro atoms. The summed E-state index contributed by atoms with van der Waals surface area (Å²) in [5.41, 5.74) is 1.32. The molecule has 1 aromatic carbocycles. The van der Waals surface area contributed by atoms with Gasteiger partial charge in [0.15, 0.2) is 0 Å². The molecule has 2 fully saturated rings. The number of nitrogens with zero attached hydrogens (tertiary/aromatic N) is 1.